The largest absolute Gasteiger partial charge is 0.481 e. The first-order valence-corrected chi connectivity index (χ1v) is 4.42. The van der Waals surface area contributed by atoms with E-state index in [9.17, 15) is 4.79 Å². The first kappa shape index (κ1) is 15.2. The number of rotatable bonds is 5. The summed E-state index contributed by atoms with van der Waals surface area (Å²) in [4.78, 5) is 10.7. The number of aliphatic carboxylic acids is 1. The number of halogens is 1. The first-order valence-electron chi connectivity index (χ1n) is 4.42. The van der Waals surface area contributed by atoms with Crippen LogP contribution in [0.15, 0.2) is 0 Å². The number of hydrogen-bond donors (Lipinski definition) is 2. The lowest BCUT2D eigenvalue weighted by atomic mass is 9.82. The quantitative estimate of drug-likeness (QED) is 0.729. The Morgan fingerprint density at radius 2 is 2.00 bits per heavy atom. The second-order valence-electron chi connectivity index (χ2n) is 3.78. The highest BCUT2D eigenvalue weighted by Crippen LogP contribution is 2.22. The maximum absolute atomic E-state index is 10.7. The molecule has 80 valence electrons. The zero-order valence-corrected chi connectivity index (χ0v) is 9.36. The molecule has 0 bridgehead atoms. The lowest BCUT2D eigenvalue weighted by molar-refractivity contribution is -0.148. The lowest BCUT2D eigenvalue weighted by Crippen LogP contribution is -2.43. The lowest BCUT2D eigenvalue weighted by Gasteiger charge is -2.26. The van der Waals surface area contributed by atoms with E-state index in [-0.39, 0.29) is 18.4 Å². The molecule has 3 nitrogen and oxygen atoms in total. The molecule has 13 heavy (non-hydrogen) atoms. The molecule has 0 heterocycles. The molecule has 0 spiro atoms. The molecule has 0 saturated heterocycles. The van der Waals surface area contributed by atoms with Gasteiger partial charge in [0.25, 0.3) is 0 Å². The average molecular weight is 210 g/mol. The molecular formula is C9H20ClNO2. The molecule has 0 aliphatic carbocycles. The molecule has 3 N–H and O–H groups in total. The van der Waals surface area contributed by atoms with E-state index in [1.165, 1.54) is 0 Å². The topological polar surface area (TPSA) is 63.3 Å². The highest BCUT2D eigenvalue weighted by atomic mass is 35.5. The Labute approximate surface area is 86.1 Å². The molecule has 0 aliphatic rings. The van der Waals surface area contributed by atoms with Crippen LogP contribution in [-0.4, -0.2) is 17.1 Å². The fourth-order valence-corrected chi connectivity index (χ4v) is 0.943. The van der Waals surface area contributed by atoms with Gasteiger partial charge < -0.3 is 10.8 Å². The van der Waals surface area contributed by atoms with Gasteiger partial charge in [-0.25, -0.2) is 0 Å². The van der Waals surface area contributed by atoms with E-state index in [1.807, 2.05) is 0 Å². The summed E-state index contributed by atoms with van der Waals surface area (Å²) >= 11 is 0. The van der Waals surface area contributed by atoms with E-state index in [2.05, 4.69) is 6.92 Å². The second-order valence-corrected chi connectivity index (χ2v) is 3.78. The van der Waals surface area contributed by atoms with Crippen molar-refractivity contribution in [3.63, 3.8) is 0 Å². The molecule has 4 heteroatoms. The summed E-state index contributed by atoms with van der Waals surface area (Å²) in [5.41, 5.74) is 4.96. The molecule has 0 rings (SSSR count). The molecule has 0 aromatic carbocycles. The van der Waals surface area contributed by atoms with Gasteiger partial charge in [0.1, 0.15) is 0 Å². The monoisotopic (exact) mass is 209 g/mol. The van der Waals surface area contributed by atoms with E-state index in [1.54, 1.807) is 13.8 Å². The summed E-state index contributed by atoms with van der Waals surface area (Å²) in [6, 6.07) is -0.241. The number of carboxylic acid groups (broad SMARTS) is 1. The minimum absolute atomic E-state index is 0. The molecule has 0 amide bonds. The zero-order valence-electron chi connectivity index (χ0n) is 8.54. The van der Waals surface area contributed by atoms with Crippen LogP contribution in [0.2, 0.25) is 0 Å². The van der Waals surface area contributed by atoms with Crippen molar-refractivity contribution < 1.29 is 9.90 Å². The summed E-state index contributed by atoms with van der Waals surface area (Å²) in [7, 11) is 0. The van der Waals surface area contributed by atoms with Gasteiger partial charge in [-0.15, -0.1) is 12.4 Å². The minimum Gasteiger partial charge on any atom is -0.481 e. The van der Waals surface area contributed by atoms with Crippen molar-refractivity contribution in [3.05, 3.63) is 0 Å². The third kappa shape index (κ3) is 4.48. The van der Waals surface area contributed by atoms with Gasteiger partial charge in [-0.05, 0) is 20.3 Å². The van der Waals surface area contributed by atoms with Crippen molar-refractivity contribution in [2.24, 2.45) is 11.1 Å². The molecule has 0 fully saturated rings. The normalized spacial score (nSPS) is 13.2. The molecule has 0 aliphatic heterocycles. The first-order chi connectivity index (χ1) is 5.42. The van der Waals surface area contributed by atoms with E-state index in [0.29, 0.717) is 0 Å². The molecule has 0 saturated carbocycles. The van der Waals surface area contributed by atoms with E-state index < -0.39 is 11.4 Å². The standard InChI is InChI=1S/C9H19NO2.ClH/c1-4-5-6-7(10)9(2,3)8(11)12;/h7H,4-6,10H2,1-3H3,(H,11,12);1H. The highest BCUT2D eigenvalue weighted by Gasteiger charge is 2.33. The van der Waals surface area contributed by atoms with Gasteiger partial charge in [0.15, 0.2) is 0 Å². The van der Waals surface area contributed by atoms with Crippen molar-refractivity contribution in [1.82, 2.24) is 0 Å². The third-order valence-corrected chi connectivity index (χ3v) is 2.35. The van der Waals surface area contributed by atoms with Gasteiger partial charge in [-0.3, -0.25) is 4.79 Å². The Kier molecular flexibility index (Phi) is 7.27. The van der Waals surface area contributed by atoms with Gasteiger partial charge in [0.2, 0.25) is 0 Å². The van der Waals surface area contributed by atoms with E-state index in [4.69, 9.17) is 10.8 Å². The van der Waals surface area contributed by atoms with Crippen LogP contribution in [0.5, 0.6) is 0 Å². The van der Waals surface area contributed by atoms with Crippen LogP contribution >= 0.6 is 12.4 Å². The van der Waals surface area contributed by atoms with Crippen LogP contribution in [0.3, 0.4) is 0 Å². The van der Waals surface area contributed by atoms with E-state index in [0.717, 1.165) is 19.3 Å². The third-order valence-electron chi connectivity index (χ3n) is 2.35. The summed E-state index contributed by atoms with van der Waals surface area (Å²) in [6.07, 6.45) is 2.84. The van der Waals surface area contributed by atoms with Gasteiger partial charge in [0.05, 0.1) is 5.41 Å². The predicted molar refractivity (Wildman–Crippen MR) is 56.2 cm³/mol. The fraction of sp³-hybridized carbons (Fsp3) is 0.889. The van der Waals surface area contributed by atoms with Crippen LogP contribution in [0, 0.1) is 5.41 Å². The number of hydrogen-bond acceptors (Lipinski definition) is 2. The Morgan fingerprint density at radius 1 is 1.54 bits per heavy atom. The van der Waals surface area contributed by atoms with Crippen molar-refractivity contribution in [3.8, 4) is 0 Å². The maximum Gasteiger partial charge on any atom is 0.310 e. The predicted octanol–water partition coefficient (Wildman–Crippen LogP) is 2.04. The number of carbonyl (C=O) groups is 1. The SMILES string of the molecule is CCCCC(N)C(C)(C)C(=O)O.Cl. The average Bonchev–Trinajstić information content (AvgIpc) is 1.99. The zero-order chi connectivity index (χ0) is 9.78. The summed E-state index contributed by atoms with van der Waals surface area (Å²) in [5, 5.41) is 8.83. The Hall–Kier alpha value is -0.280. The van der Waals surface area contributed by atoms with Crippen molar-refractivity contribution >= 4 is 18.4 Å². The molecule has 0 aromatic rings. The molecule has 0 radical (unpaired) electrons. The molecule has 0 aromatic heterocycles. The van der Waals surface area contributed by atoms with Crippen molar-refractivity contribution in [1.29, 1.82) is 0 Å². The van der Waals surface area contributed by atoms with Crippen LogP contribution in [0.1, 0.15) is 40.0 Å². The van der Waals surface area contributed by atoms with Crippen molar-refractivity contribution in [2.45, 2.75) is 46.1 Å². The minimum atomic E-state index is -0.814. The van der Waals surface area contributed by atoms with Crippen LogP contribution in [0.4, 0.5) is 0 Å². The summed E-state index contributed by atoms with van der Waals surface area (Å²) in [5.74, 6) is -0.814. The van der Waals surface area contributed by atoms with Gasteiger partial charge in [-0.1, -0.05) is 19.8 Å². The maximum atomic E-state index is 10.7. The fourth-order valence-electron chi connectivity index (χ4n) is 0.943. The Balaban J connectivity index is 0. The van der Waals surface area contributed by atoms with Crippen molar-refractivity contribution in [2.75, 3.05) is 0 Å². The van der Waals surface area contributed by atoms with Gasteiger partial charge in [-0.2, -0.15) is 0 Å². The Morgan fingerprint density at radius 3 is 2.31 bits per heavy atom. The number of carboxylic acids is 1. The Bertz CT molecular complexity index is 160. The second kappa shape index (κ2) is 6.22. The molecule has 1 atom stereocenters. The summed E-state index contributed by atoms with van der Waals surface area (Å²) < 4.78 is 0. The van der Waals surface area contributed by atoms with Gasteiger partial charge >= 0.3 is 5.97 Å². The smallest absolute Gasteiger partial charge is 0.310 e. The van der Waals surface area contributed by atoms with Gasteiger partial charge in [0, 0.05) is 6.04 Å². The highest BCUT2D eigenvalue weighted by molar-refractivity contribution is 5.85. The summed E-state index contributed by atoms with van der Waals surface area (Å²) in [6.45, 7) is 5.42. The van der Waals surface area contributed by atoms with Crippen LogP contribution in [0.25, 0.3) is 0 Å². The molecular weight excluding hydrogens is 190 g/mol. The van der Waals surface area contributed by atoms with E-state index >= 15 is 0 Å². The van der Waals surface area contributed by atoms with Crippen LogP contribution < -0.4 is 5.73 Å². The molecule has 1 unspecified atom stereocenters. The number of nitrogens with two attached hydrogens (primary N) is 1. The van der Waals surface area contributed by atoms with Crippen LogP contribution in [-0.2, 0) is 4.79 Å². The number of unbranched alkanes of at least 4 members (excludes halogenated alkanes) is 1.